The molecule has 0 unspecified atom stereocenters. The summed E-state index contributed by atoms with van der Waals surface area (Å²) >= 11 is 0. The van der Waals surface area contributed by atoms with Crippen LogP contribution in [-0.2, 0) is 27.5 Å². The number of nitrogens with one attached hydrogen (secondary N) is 1. The molecule has 4 rings (SSSR count). The molecule has 2 aromatic rings. The zero-order chi connectivity index (χ0) is 20.9. The summed E-state index contributed by atoms with van der Waals surface area (Å²) in [6, 6.07) is 14.5. The van der Waals surface area contributed by atoms with Gasteiger partial charge in [0.2, 0.25) is 5.91 Å². The standard InChI is InChI=1S/C24H24N2O4/c27-22(30-16-18-6-2-1-3-7-18)12-10-17-9-11-20-19(14-17)15-26(24(20)29)21-8-4-5-13-25-23(21)28/h1-3,6-7,9-12,14,21H,4-5,8,13,15-16H2,(H,25,28)/b12-10+/t21-/m0/s1. The second kappa shape index (κ2) is 8.95. The van der Waals surface area contributed by atoms with Gasteiger partial charge in [0.15, 0.2) is 0 Å². The summed E-state index contributed by atoms with van der Waals surface area (Å²) in [5.41, 5.74) is 3.23. The Morgan fingerprint density at radius 2 is 1.97 bits per heavy atom. The predicted molar refractivity (Wildman–Crippen MR) is 112 cm³/mol. The van der Waals surface area contributed by atoms with Gasteiger partial charge in [-0.15, -0.1) is 0 Å². The summed E-state index contributed by atoms with van der Waals surface area (Å²) in [6.45, 7) is 1.30. The molecule has 0 aliphatic carbocycles. The van der Waals surface area contributed by atoms with E-state index in [1.807, 2.05) is 36.4 Å². The van der Waals surface area contributed by atoms with Gasteiger partial charge in [-0.2, -0.15) is 0 Å². The Bertz CT molecular complexity index is 984. The van der Waals surface area contributed by atoms with Gasteiger partial charge in [-0.05, 0) is 54.2 Å². The normalized spacial score (nSPS) is 18.8. The summed E-state index contributed by atoms with van der Waals surface area (Å²) in [6.07, 6.45) is 5.61. The van der Waals surface area contributed by atoms with Crippen molar-refractivity contribution in [2.45, 2.75) is 38.5 Å². The highest BCUT2D eigenvalue weighted by Crippen LogP contribution is 2.28. The number of hydrogen-bond acceptors (Lipinski definition) is 4. The molecule has 2 heterocycles. The fraction of sp³-hybridized carbons (Fsp3) is 0.292. The molecule has 2 aromatic carbocycles. The molecule has 1 fully saturated rings. The molecule has 0 bridgehead atoms. The number of esters is 1. The van der Waals surface area contributed by atoms with Crippen molar-refractivity contribution in [1.82, 2.24) is 10.2 Å². The van der Waals surface area contributed by atoms with Gasteiger partial charge in [0, 0.05) is 24.7 Å². The number of amides is 2. The number of carbonyl (C=O) groups excluding carboxylic acids is 3. The smallest absolute Gasteiger partial charge is 0.331 e. The molecule has 30 heavy (non-hydrogen) atoms. The van der Waals surface area contributed by atoms with Crippen molar-refractivity contribution < 1.29 is 19.1 Å². The number of rotatable bonds is 5. The minimum atomic E-state index is -0.424. The summed E-state index contributed by atoms with van der Waals surface area (Å²) in [5.74, 6) is -0.605. The van der Waals surface area contributed by atoms with E-state index in [1.54, 1.807) is 23.1 Å². The molecule has 2 aliphatic rings. The van der Waals surface area contributed by atoms with Crippen molar-refractivity contribution in [3.63, 3.8) is 0 Å². The van der Waals surface area contributed by atoms with Crippen LogP contribution < -0.4 is 5.32 Å². The Hall–Kier alpha value is -3.41. The molecular formula is C24H24N2O4. The molecular weight excluding hydrogens is 380 g/mol. The van der Waals surface area contributed by atoms with Gasteiger partial charge in [0.05, 0.1) is 0 Å². The Morgan fingerprint density at radius 1 is 1.13 bits per heavy atom. The minimum Gasteiger partial charge on any atom is -0.458 e. The van der Waals surface area contributed by atoms with Crippen LogP contribution in [0.3, 0.4) is 0 Å². The average molecular weight is 404 g/mol. The second-order valence-corrected chi connectivity index (χ2v) is 7.58. The van der Waals surface area contributed by atoms with Crippen LogP contribution in [0.2, 0.25) is 0 Å². The lowest BCUT2D eigenvalue weighted by molar-refractivity contribution is -0.138. The molecule has 0 saturated carbocycles. The second-order valence-electron chi connectivity index (χ2n) is 7.58. The highest BCUT2D eigenvalue weighted by molar-refractivity contribution is 6.01. The van der Waals surface area contributed by atoms with E-state index >= 15 is 0 Å². The maximum absolute atomic E-state index is 12.8. The van der Waals surface area contributed by atoms with Crippen molar-refractivity contribution >= 4 is 23.9 Å². The van der Waals surface area contributed by atoms with Crippen LogP contribution in [0.1, 0.15) is 46.3 Å². The van der Waals surface area contributed by atoms with Gasteiger partial charge in [-0.1, -0.05) is 36.4 Å². The molecule has 6 heteroatoms. The Balaban J connectivity index is 1.40. The topological polar surface area (TPSA) is 75.7 Å². The van der Waals surface area contributed by atoms with Crippen molar-refractivity contribution in [2.75, 3.05) is 6.54 Å². The fourth-order valence-electron chi connectivity index (χ4n) is 3.88. The first-order chi connectivity index (χ1) is 14.6. The first-order valence-electron chi connectivity index (χ1n) is 10.2. The minimum absolute atomic E-state index is 0.0741. The van der Waals surface area contributed by atoms with Crippen molar-refractivity contribution in [3.8, 4) is 0 Å². The quantitative estimate of drug-likeness (QED) is 0.614. The van der Waals surface area contributed by atoms with Crippen molar-refractivity contribution in [2.24, 2.45) is 0 Å². The van der Waals surface area contributed by atoms with E-state index in [0.29, 0.717) is 25.1 Å². The Labute approximate surface area is 175 Å². The van der Waals surface area contributed by atoms with Gasteiger partial charge in [0.25, 0.3) is 5.91 Å². The summed E-state index contributed by atoms with van der Waals surface area (Å²) in [5, 5.41) is 2.89. The third-order valence-electron chi connectivity index (χ3n) is 5.48. The van der Waals surface area contributed by atoms with Crippen LogP contribution in [0.5, 0.6) is 0 Å². The van der Waals surface area contributed by atoms with Crippen LogP contribution in [0.25, 0.3) is 6.08 Å². The number of ether oxygens (including phenoxy) is 1. The Kier molecular flexibility index (Phi) is 5.93. The van der Waals surface area contributed by atoms with Crippen LogP contribution in [0, 0.1) is 0 Å². The fourth-order valence-corrected chi connectivity index (χ4v) is 3.88. The van der Waals surface area contributed by atoms with Gasteiger partial charge in [-0.25, -0.2) is 4.79 Å². The van der Waals surface area contributed by atoms with E-state index in [0.717, 1.165) is 29.5 Å². The largest absolute Gasteiger partial charge is 0.458 e. The van der Waals surface area contributed by atoms with Gasteiger partial charge in [-0.3, -0.25) is 9.59 Å². The zero-order valence-corrected chi connectivity index (χ0v) is 16.7. The number of carbonyl (C=O) groups is 3. The molecule has 1 N–H and O–H groups in total. The van der Waals surface area contributed by atoms with Crippen LogP contribution in [-0.4, -0.2) is 35.3 Å². The number of hydrogen-bond donors (Lipinski definition) is 1. The highest BCUT2D eigenvalue weighted by Gasteiger charge is 2.36. The molecule has 154 valence electrons. The molecule has 1 atom stereocenters. The van der Waals surface area contributed by atoms with Gasteiger partial charge < -0.3 is 15.0 Å². The van der Waals surface area contributed by atoms with E-state index in [4.69, 9.17) is 4.74 Å². The molecule has 0 spiro atoms. The lowest BCUT2D eigenvalue weighted by Crippen LogP contribution is -2.45. The lowest BCUT2D eigenvalue weighted by atomic mass is 10.1. The zero-order valence-electron chi connectivity index (χ0n) is 16.7. The molecule has 1 saturated heterocycles. The van der Waals surface area contributed by atoms with E-state index in [1.165, 1.54) is 6.08 Å². The van der Waals surface area contributed by atoms with Crippen LogP contribution in [0.4, 0.5) is 0 Å². The molecule has 2 aliphatic heterocycles. The average Bonchev–Trinajstić information content (AvgIpc) is 2.93. The number of nitrogens with zero attached hydrogens (tertiary/aromatic N) is 1. The van der Waals surface area contributed by atoms with E-state index < -0.39 is 12.0 Å². The lowest BCUT2D eigenvalue weighted by Gasteiger charge is -2.25. The molecule has 2 amide bonds. The Morgan fingerprint density at radius 3 is 2.80 bits per heavy atom. The van der Waals surface area contributed by atoms with Crippen LogP contribution >= 0.6 is 0 Å². The maximum atomic E-state index is 12.8. The first-order valence-corrected chi connectivity index (χ1v) is 10.2. The molecule has 0 aromatic heterocycles. The van der Waals surface area contributed by atoms with E-state index in [2.05, 4.69) is 5.32 Å². The molecule has 6 nitrogen and oxygen atoms in total. The first kappa shape index (κ1) is 19.9. The highest BCUT2D eigenvalue weighted by atomic mass is 16.5. The van der Waals surface area contributed by atoms with E-state index in [9.17, 15) is 14.4 Å². The SMILES string of the molecule is O=C(/C=C/c1ccc2c(c1)CN([C@H]1CCCCNC1=O)C2=O)OCc1ccccc1. The summed E-state index contributed by atoms with van der Waals surface area (Å²) in [4.78, 5) is 38.8. The van der Waals surface area contributed by atoms with E-state index in [-0.39, 0.29) is 18.4 Å². The van der Waals surface area contributed by atoms with Crippen molar-refractivity contribution in [1.29, 1.82) is 0 Å². The summed E-state index contributed by atoms with van der Waals surface area (Å²) < 4.78 is 5.25. The van der Waals surface area contributed by atoms with Crippen molar-refractivity contribution in [3.05, 3.63) is 76.9 Å². The summed E-state index contributed by atoms with van der Waals surface area (Å²) in [7, 11) is 0. The van der Waals surface area contributed by atoms with Gasteiger partial charge in [0.1, 0.15) is 12.6 Å². The number of benzene rings is 2. The monoisotopic (exact) mass is 404 g/mol. The third kappa shape index (κ3) is 4.43. The maximum Gasteiger partial charge on any atom is 0.331 e. The number of fused-ring (bicyclic) bond motifs is 1. The predicted octanol–water partition coefficient (Wildman–Crippen LogP) is 3.07. The molecule has 0 radical (unpaired) electrons. The third-order valence-corrected chi connectivity index (χ3v) is 5.48. The van der Waals surface area contributed by atoms with Crippen LogP contribution in [0.15, 0.2) is 54.6 Å². The van der Waals surface area contributed by atoms with Gasteiger partial charge >= 0.3 is 5.97 Å².